The van der Waals surface area contributed by atoms with Gasteiger partial charge in [0.15, 0.2) is 11.5 Å². The Labute approximate surface area is 109 Å². The number of amides is 1. The molecule has 19 heavy (non-hydrogen) atoms. The van der Waals surface area contributed by atoms with Crippen molar-refractivity contribution in [3.63, 3.8) is 0 Å². The molecule has 2 aromatic rings. The maximum absolute atomic E-state index is 12.5. The van der Waals surface area contributed by atoms with E-state index in [2.05, 4.69) is 15.1 Å². The molecular formula is C9H5ClF3N5O. The van der Waals surface area contributed by atoms with Crippen molar-refractivity contribution in [1.29, 1.82) is 0 Å². The van der Waals surface area contributed by atoms with Crippen LogP contribution >= 0.6 is 11.6 Å². The van der Waals surface area contributed by atoms with Gasteiger partial charge in [-0.15, -0.1) is 0 Å². The lowest BCUT2D eigenvalue weighted by Crippen LogP contribution is -2.12. The van der Waals surface area contributed by atoms with Crippen molar-refractivity contribution < 1.29 is 18.0 Å². The lowest BCUT2D eigenvalue weighted by Gasteiger charge is -2.07. The van der Waals surface area contributed by atoms with Gasteiger partial charge in [-0.1, -0.05) is 0 Å². The number of halogens is 4. The highest BCUT2D eigenvalue weighted by atomic mass is 35.5. The molecule has 0 aliphatic rings. The number of carbonyl (C=O) groups is 1. The zero-order valence-corrected chi connectivity index (χ0v) is 9.77. The molecule has 2 aromatic heterocycles. The highest BCUT2D eigenvalue weighted by Crippen LogP contribution is 2.29. The van der Waals surface area contributed by atoms with Crippen LogP contribution in [0, 0.1) is 0 Å². The lowest BCUT2D eigenvalue weighted by atomic mass is 10.3. The van der Waals surface area contributed by atoms with Gasteiger partial charge >= 0.3 is 6.18 Å². The van der Waals surface area contributed by atoms with Crippen LogP contribution in [0.3, 0.4) is 0 Å². The van der Waals surface area contributed by atoms with E-state index >= 15 is 0 Å². The molecule has 2 N–H and O–H groups in total. The topological polar surface area (TPSA) is 86.7 Å². The Kier molecular flexibility index (Phi) is 3.14. The minimum absolute atomic E-state index is 0.0308. The minimum atomic E-state index is -4.67. The van der Waals surface area contributed by atoms with E-state index in [1.165, 1.54) is 0 Å². The van der Waals surface area contributed by atoms with Gasteiger partial charge in [-0.3, -0.25) is 4.79 Å². The number of carbonyl (C=O) groups excluding carboxylic acids is 1. The summed E-state index contributed by atoms with van der Waals surface area (Å²) in [7, 11) is 0. The Hall–Kier alpha value is -2.16. The van der Waals surface area contributed by atoms with Gasteiger partial charge in [0.05, 0.1) is 11.8 Å². The smallest absolute Gasteiger partial charge is 0.366 e. The standard InChI is InChI=1S/C9H5ClF3N5O/c10-8-16-5(9(11,12)13)1-6(17-8)18-3-4(2-15-18)7(14)19/h1-3H,(H2,14,19). The number of hydrogen-bond donors (Lipinski definition) is 1. The van der Waals surface area contributed by atoms with E-state index in [4.69, 9.17) is 17.3 Å². The molecule has 0 unspecified atom stereocenters. The Morgan fingerprint density at radius 2 is 2.05 bits per heavy atom. The SMILES string of the molecule is NC(=O)c1cnn(-c2cc(C(F)(F)F)nc(Cl)n2)c1. The molecule has 1 amide bonds. The zero-order chi connectivity index (χ0) is 14.2. The van der Waals surface area contributed by atoms with Crippen LogP contribution in [0.15, 0.2) is 18.5 Å². The first-order valence-corrected chi connectivity index (χ1v) is 5.12. The second-order valence-corrected chi connectivity index (χ2v) is 3.75. The maximum atomic E-state index is 12.5. The lowest BCUT2D eigenvalue weighted by molar-refractivity contribution is -0.141. The zero-order valence-electron chi connectivity index (χ0n) is 9.02. The summed E-state index contributed by atoms with van der Waals surface area (Å²) in [4.78, 5) is 17.5. The second kappa shape index (κ2) is 4.50. The molecule has 100 valence electrons. The number of nitrogens with zero attached hydrogens (tertiary/aromatic N) is 4. The number of rotatable bonds is 2. The van der Waals surface area contributed by atoms with Crippen LogP contribution in [-0.2, 0) is 6.18 Å². The van der Waals surface area contributed by atoms with Crippen molar-refractivity contribution in [2.75, 3.05) is 0 Å². The molecule has 0 saturated heterocycles. The van der Waals surface area contributed by atoms with E-state index in [-0.39, 0.29) is 11.4 Å². The molecule has 0 aliphatic carbocycles. The fraction of sp³-hybridized carbons (Fsp3) is 0.111. The number of nitrogens with two attached hydrogens (primary N) is 1. The third-order valence-electron chi connectivity index (χ3n) is 2.08. The molecule has 0 atom stereocenters. The van der Waals surface area contributed by atoms with Gasteiger partial charge in [0.2, 0.25) is 5.28 Å². The third-order valence-corrected chi connectivity index (χ3v) is 2.25. The Bertz CT molecular complexity index is 639. The highest BCUT2D eigenvalue weighted by Gasteiger charge is 2.33. The molecule has 2 rings (SSSR count). The van der Waals surface area contributed by atoms with E-state index in [0.717, 1.165) is 17.1 Å². The fourth-order valence-corrected chi connectivity index (χ4v) is 1.42. The maximum Gasteiger partial charge on any atom is 0.433 e. The normalized spacial score (nSPS) is 11.6. The summed E-state index contributed by atoms with van der Waals surface area (Å²) in [5.74, 6) is -0.984. The molecule has 0 bridgehead atoms. The monoisotopic (exact) mass is 291 g/mol. The van der Waals surface area contributed by atoms with Gasteiger partial charge in [0.25, 0.3) is 5.91 Å². The molecular weight excluding hydrogens is 287 g/mol. The van der Waals surface area contributed by atoms with E-state index in [1.54, 1.807) is 0 Å². The summed E-state index contributed by atoms with van der Waals surface area (Å²) in [5.41, 5.74) is 3.82. The molecule has 6 nitrogen and oxygen atoms in total. The molecule has 0 fully saturated rings. The summed E-state index contributed by atoms with van der Waals surface area (Å²) in [5, 5.41) is 3.09. The average Bonchev–Trinajstić information content (AvgIpc) is 2.76. The number of alkyl halides is 3. The molecule has 2 heterocycles. The van der Waals surface area contributed by atoms with Gasteiger partial charge in [-0.05, 0) is 11.6 Å². The largest absolute Gasteiger partial charge is 0.433 e. The van der Waals surface area contributed by atoms with Crippen molar-refractivity contribution in [2.24, 2.45) is 5.73 Å². The van der Waals surface area contributed by atoms with Gasteiger partial charge in [0, 0.05) is 12.3 Å². The highest BCUT2D eigenvalue weighted by molar-refractivity contribution is 6.28. The van der Waals surface area contributed by atoms with Crippen LogP contribution < -0.4 is 5.73 Å². The minimum Gasteiger partial charge on any atom is -0.366 e. The van der Waals surface area contributed by atoms with Crippen LogP contribution in [-0.4, -0.2) is 25.7 Å². The molecule has 0 spiro atoms. The summed E-state index contributed by atoms with van der Waals surface area (Å²) < 4.78 is 38.6. The quantitative estimate of drug-likeness (QED) is 0.848. The molecule has 0 aromatic carbocycles. The van der Waals surface area contributed by atoms with Crippen molar-refractivity contribution in [2.45, 2.75) is 6.18 Å². The van der Waals surface area contributed by atoms with E-state index in [1.807, 2.05) is 0 Å². The predicted octanol–water partition coefficient (Wildman–Crippen LogP) is 1.43. The van der Waals surface area contributed by atoms with E-state index < -0.39 is 23.1 Å². The van der Waals surface area contributed by atoms with Crippen LogP contribution in [0.5, 0.6) is 0 Å². The second-order valence-electron chi connectivity index (χ2n) is 3.42. The van der Waals surface area contributed by atoms with Crippen molar-refractivity contribution in [3.05, 3.63) is 35.0 Å². The Morgan fingerprint density at radius 1 is 1.37 bits per heavy atom. The first kappa shape index (κ1) is 13.3. The van der Waals surface area contributed by atoms with Crippen LogP contribution in [0.25, 0.3) is 5.82 Å². The first-order valence-electron chi connectivity index (χ1n) is 4.74. The summed E-state index contributed by atoms with van der Waals surface area (Å²) in [6, 6.07) is 0.656. The van der Waals surface area contributed by atoms with Crippen LogP contribution in [0.4, 0.5) is 13.2 Å². The Morgan fingerprint density at radius 3 is 2.58 bits per heavy atom. The summed E-state index contributed by atoms with van der Waals surface area (Å²) in [6.45, 7) is 0. The van der Waals surface area contributed by atoms with Gasteiger partial charge in [0.1, 0.15) is 0 Å². The fourth-order valence-electron chi connectivity index (χ4n) is 1.24. The van der Waals surface area contributed by atoms with E-state index in [0.29, 0.717) is 6.07 Å². The number of primary amides is 1. The molecule has 0 saturated carbocycles. The number of hydrogen-bond acceptors (Lipinski definition) is 4. The van der Waals surface area contributed by atoms with Crippen LogP contribution in [0.2, 0.25) is 5.28 Å². The van der Waals surface area contributed by atoms with E-state index in [9.17, 15) is 18.0 Å². The van der Waals surface area contributed by atoms with Gasteiger partial charge in [-0.2, -0.15) is 23.3 Å². The van der Waals surface area contributed by atoms with Gasteiger partial charge < -0.3 is 5.73 Å². The summed E-state index contributed by atoms with van der Waals surface area (Å²) in [6.07, 6.45) is -2.42. The molecule has 0 aliphatic heterocycles. The molecule has 10 heteroatoms. The third kappa shape index (κ3) is 2.81. The average molecular weight is 292 g/mol. The summed E-state index contributed by atoms with van der Waals surface area (Å²) >= 11 is 5.42. The number of aromatic nitrogens is 4. The van der Waals surface area contributed by atoms with Crippen LogP contribution in [0.1, 0.15) is 16.1 Å². The van der Waals surface area contributed by atoms with Crippen molar-refractivity contribution >= 4 is 17.5 Å². The van der Waals surface area contributed by atoms with Crippen molar-refractivity contribution in [1.82, 2.24) is 19.7 Å². The Balaban J connectivity index is 2.50. The molecule has 0 radical (unpaired) electrons. The van der Waals surface area contributed by atoms with Gasteiger partial charge in [-0.25, -0.2) is 9.67 Å². The predicted molar refractivity (Wildman–Crippen MR) is 57.7 cm³/mol. The first-order chi connectivity index (χ1) is 8.77. The van der Waals surface area contributed by atoms with Crippen molar-refractivity contribution in [3.8, 4) is 5.82 Å².